The quantitative estimate of drug-likeness (QED) is 0.697. The molecule has 1 atom stereocenters. The Labute approximate surface area is 130 Å². The molecule has 1 unspecified atom stereocenters. The summed E-state index contributed by atoms with van der Waals surface area (Å²) in [6, 6.07) is 9.41. The van der Waals surface area contributed by atoms with Crippen molar-refractivity contribution in [1.29, 1.82) is 5.26 Å². The Morgan fingerprint density at radius 3 is 2.64 bits per heavy atom. The number of carboxylic acids is 1. The van der Waals surface area contributed by atoms with Gasteiger partial charge in [-0.15, -0.1) is 0 Å². The van der Waals surface area contributed by atoms with Crippen molar-refractivity contribution in [1.82, 2.24) is 5.32 Å². The van der Waals surface area contributed by atoms with Crippen molar-refractivity contribution in [2.24, 2.45) is 5.92 Å². The molecule has 0 aromatic heterocycles. The third-order valence-electron chi connectivity index (χ3n) is 3.81. The van der Waals surface area contributed by atoms with Gasteiger partial charge >= 0.3 is 5.97 Å². The fraction of sp³-hybridized carbons (Fsp3) is 0.438. The first-order valence-corrected chi connectivity index (χ1v) is 7.16. The van der Waals surface area contributed by atoms with Crippen molar-refractivity contribution >= 4 is 18.1 Å². The molecule has 0 aliphatic heterocycles. The van der Waals surface area contributed by atoms with Crippen molar-refractivity contribution in [3.05, 3.63) is 29.8 Å². The second-order valence-corrected chi connectivity index (χ2v) is 5.11. The minimum atomic E-state index is -0.998. The molecular weight excluding hydrogens is 282 g/mol. The Morgan fingerprint density at radius 1 is 1.55 bits per heavy atom. The SMILES string of the molecule is CCC(NC=O)(C(=O)O)C1CC1.CNc1cccc(C#N)c1. The van der Waals surface area contributed by atoms with Crippen LogP contribution in [-0.4, -0.2) is 30.1 Å². The number of nitriles is 1. The number of carbonyl (C=O) groups excluding carboxylic acids is 1. The highest BCUT2D eigenvalue weighted by Gasteiger charge is 2.49. The maximum atomic E-state index is 10.9. The van der Waals surface area contributed by atoms with E-state index in [0.29, 0.717) is 18.4 Å². The number of carboxylic acid groups (broad SMARTS) is 1. The monoisotopic (exact) mass is 303 g/mol. The molecule has 1 aliphatic rings. The predicted octanol–water partition coefficient (Wildman–Crippen LogP) is 1.98. The maximum Gasteiger partial charge on any atom is 0.329 e. The number of anilines is 1. The van der Waals surface area contributed by atoms with Gasteiger partial charge in [0.25, 0.3) is 0 Å². The Kier molecular flexibility index (Phi) is 6.39. The summed E-state index contributed by atoms with van der Waals surface area (Å²) < 4.78 is 0. The van der Waals surface area contributed by atoms with Crippen LogP contribution in [0.2, 0.25) is 0 Å². The Balaban J connectivity index is 0.000000224. The molecule has 6 heteroatoms. The number of aliphatic carboxylic acids is 1. The van der Waals surface area contributed by atoms with E-state index in [9.17, 15) is 9.59 Å². The van der Waals surface area contributed by atoms with E-state index >= 15 is 0 Å². The number of amides is 1. The fourth-order valence-corrected chi connectivity index (χ4v) is 2.32. The number of nitrogens with zero attached hydrogens (tertiary/aromatic N) is 1. The molecular formula is C16H21N3O3. The van der Waals surface area contributed by atoms with Gasteiger partial charge in [0.2, 0.25) is 6.41 Å². The van der Waals surface area contributed by atoms with Crippen molar-refractivity contribution in [2.75, 3.05) is 12.4 Å². The molecule has 0 radical (unpaired) electrons. The van der Waals surface area contributed by atoms with Crippen molar-refractivity contribution < 1.29 is 14.7 Å². The molecule has 1 fully saturated rings. The lowest BCUT2D eigenvalue weighted by atomic mass is 9.90. The number of benzene rings is 1. The molecule has 22 heavy (non-hydrogen) atoms. The predicted molar refractivity (Wildman–Crippen MR) is 83.3 cm³/mol. The van der Waals surface area contributed by atoms with Crippen LogP contribution in [0.5, 0.6) is 0 Å². The Bertz CT molecular complexity index is 564. The highest BCUT2D eigenvalue weighted by molar-refractivity contribution is 5.82. The summed E-state index contributed by atoms with van der Waals surface area (Å²) in [5.74, 6) is -0.787. The lowest BCUT2D eigenvalue weighted by Gasteiger charge is -2.27. The second-order valence-electron chi connectivity index (χ2n) is 5.11. The summed E-state index contributed by atoms with van der Waals surface area (Å²) in [6.45, 7) is 1.78. The smallest absolute Gasteiger partial charge is 0.329 e. The van der Waals surface area contributed by atoms with E-state index in [1.165, 1.54) is 0 Å². The molecule has 1 aromatic rings. The van der Waals surface area contributed by atoms with E-state index in [0.717, 1.165) is 18.5 Å². The molecule has 1 aromatic carbocycles. The number of hydrogen-bond donors (Lipinski definition) is 3. The summed E-state index contributed by atoms with van der Waals surface area (Å²) in [7, 11) is 1.83. The van der Waals surface area contributed by atoms with E-state index in [-0.39, 0.29) is 5.92 Å². The van der Waals surface area contributed by atoms with E-state index in [1.807, 2.05) is 19.2 Å². The van der Waals surface area contributed by atoms with Crippen LogP contribution < -0.4 is 10.6 Å². The standard InChI is InChI=1S/C8H8N2.C8H13NO3/c1-10-8-4-2-3-7(5-8)6-9;1-2-8(7(11)12,9-5-10)6-3-4-6/h2-5,10H,1H3;5-6H,2-4H2,1H3,(H,9,10)(H,11,12). The van der Waals surface area contributed by atoms with Gasteiger partial charge in [-0.25, -0.2) is 4.79 Å². The van der Waals surface area contributed by atoms with Crippen molar-refractivity contribution in [3.63, 3.8) is 0 Å². The van der Waals surface area contributed by atoms with Crippen LogP contribution in [0.25, 0.3) is 0 Å². The van der Waals surface area contributed by atoms with E-state index in [1.54, 1.807) is 19.1 Å². The van der Waals surface area contributed by atoms with Crippen LogP contribution in [0.15, 0.2) is 24.3 Å². The first-order chi connectivity index (χ1) is 10.5. The maximum absolute atomic E-state index is 10.9. The van der Waals surface area contributed by atoms with Crippen molar-refractivity contribution in [3.8, 4) is 6.07 Å². The minimum absolute atomic E-state index is 0.130. The summed E-state index contributed by atoms with van der Waals surface area (Å²) in [6.07, 6.45) is 2.74. The number of rotatable bonds is 6. The van der Waals surface area contributed by atoms with Gasteiger partial charge in [0.15, 0.2) is 0 Å². The van der Waals surface area contributed by atoms with E-state index in [2.05, 4.69) is 16.7 Å². The Hall–Kier alpha value is -2.55. The van der Waals surface area contributed by atoms with Gasteiger partial charge in [-0.1, -0.05) is 13.0 Å². The van der Waals surface area contributed by atoms with Gasteiger partial charge in [-0.05, 0) is 43.4 Å². The summed E-state index contributed by atoms with van der Waals surface area (Å²) >= 11 is 0. The molecule has 118 valence electrons. The fourth-order valence-electron chi connectivity index (χ4n) is 2.32. The van der Waals surface area contributed by atoms with Gasteiger partial charge in [0, 0.05) is 12.7 Å². The zero-order valence-corrected chi connectivity index (χ0v) is 12.8. The summed E-state index contributed by atoms with van der Waals surface area (Å²) in [4.78, 5) is 21.1. The summed E-state index contributed by atoms with van der Waals surface area (Å²) in [5.41, 5.74) is 0.660. The largest absolute Gasteiger partial charge is 0.479 e. The first-order valence-electron chi connectivity index (χ1n) is 7.16. The average molecular weight is 303 g/mol. The zero-order chi connectivity index (χ0) is 16.6. The van der Waals surface area contributed by atoms with Crippen molar-refractivity contribution in [2.45, 2.75) is 31.7 Å². The molecule has 3 N–H and O–H groups in total. The highest BCUT2D eigenvalue weighted by Crippen LogP contribution is 2.41. The third kappa shape index (κ3) is 4.22. The van der Waals surface area contributed by atoms with E-state index < -0.39 is 11.5 Å². The first kappa shape index (κ1) is 17.5. The molecule has 0 heterocycles. The molecule has 6 nitrogen and oxygen atoms in total. The Morgan fingerprint density at radius 2 is 2.23 bits per heavy atom. The van der Waals surface area contributed by atoms with Gasteiger partial charge in [0.05, 0.1) is 11.6 Å². The molecule has 0 bridgehead atoms. The average Bonchev–Trinajstić information content (AvgIpc) is 3.38. The van der Waals surface area contributed by atoms with Crippen LogP contribution in [-0.2, 0) is 9.59 Å². The number of hydrogen-bond acceptors (Lipinski definition) is 4. The number of nitrogens with one attached hydrogen (secondary N) is 2. The normalized spacial score (nSPS) is 15.3. The lowest BCUT2D eigenvalue weighted by molar-refractivity contribution is -0.147. The van der Waals surface area contributed by atoms with Crippen LogP contribution in [0.4, 0.5) is 5.69 Å². The highest BCUT2D eigenvalue weighted by atomic mass is 16.4. The van der Waals surface area contributed by atoms with Gasteiger partial charge in [-0.2, -0.15) is 5.26 Å². The molecule has 1 amide bonds. The third-order valence-corrected chi connectivity index (χ3v) is 3.81. The topological polar surface area (TPSA) is 102 Å². The lowest BCUT2D eigenvalue weighted by Crippen LogP contribution is -2.53. The van der Waals surface area contributed by atoms with Gasteiger partial charge in [0.1, 0.15) is 5.54 Å². The second kappa shape index (κ2) is 8.03. The van der Waals surface area contributed by atoms with Crippen LogP contribution in [0.1, 0.15) is 31.7 Å². The van der Waals surface area contributed by atoms with Gasteiger partial charge in [-0.3, -0.25) is 4.79 Å². The van der Waals surface area contributed by atoms with Crippen LogP contribution in [0.3, 0.4) is 0 Å². The van der Waals surface area contributed by atoms with Gasteiger partial charge < -0.3 is 15.7 Å². The minimum Gasteiger partial charge on any atom is -0.479 e. The van der Waals surface area contributed by atoms with E-state index in [4.69, 9.17) is 10.4 Å². The molecule has 0 saturated heterocycles. The molecule has 1 saturated carbocycles. The summed E-state index contributed by atoms with van der Waals surface area (Å²) in [5, 5.41) is 22.8. The van der Waals surface area contributed by atoms with Crippen LogP contribution in [0, 0.1) is 17.2 Å². The molecule has 0 spiro atoms. The zero-order valence-electron chi connectivity index (χ0n) is 12.8. The molecule has 1 aliphatic carbocycles. The number of carbonyl (C=O) groups is 2. The molecule has 2 rings (SSSR count). The van der Waals surface area contributed by atoms with Crippen LogP contribution >= 0.6 is 0 Å².